The average Bonchev–Trinajstić information content (AvgIpc) is 2.51. The lowest BCUT2D eigenvalue weighted by Gasteiger charge is -2.27. The minimum atomic E-state index is -3.30. The van der Waals surface area contributed by atoms with Crippen molar-refractivity contribution >= 4 is 0 Å². The molecule has 0 unspecified atom stereocenters. The van der Waals surface area contributed by atoms with Crippen molar-refractivity contribution in [3.05, 3.63) is 41.5 Å². The maximum absolute atomic E-state index is 13.8. The Balaban J connectivity index is 1.98. The van der Waals surface area contributed by atoms with Crippen LogP contribution in [0.15, 0.2) is 24.3 Å². The van der Waals surface area contributed by atoms with Gasteiger partial charge in [0.1, 0.15) is 0 Å². The largest absolute Gasteiger partial charge is 0.429 e. The minimum absolute atomic E-state index is 0.0886. The highest BCUT2D eigenvalue weighted by Gasteiger charge is 2.24. The van der Waals surface area contributed by atoms with Crippen LogP contribution in [0, 0.1) is 17.6 Å². The van der Waals surface area contributed by atoms with E-state index in [1.54, 1.807) is 6.08 Å². The molecule has 0 saturated heterocycles. The van der Waals surface area contributed by atoms with E-state index in [0.29, 0.717) is 18.4 Å². The van der Waals surface area contributed by atoms with E-state index in [1.807, 2.05) is 0 Å². The SMILES string of the molecule is Fc1cc(C2CCC(C=CCC(F)F)CC2)cc(F)c1OC(F)F. The lowest BCUT2D eigenvalue weighted by atomic mass is 9.78. The average molecular weight is 352 g/mol. The zero-order chi connectivity index (χ0) is 17.7. The van der Waals surface area contributed by atoms with Crippen LogP contribution in [0.3, 0.4) is 0 Å². The van der Waals surface area contributed by atoms with Gasteiger partial charge in [-0.25, -0.2) is 17.6 Å². The van der Waals surface area contributed by atoms with E-state index in [-0.39, 0.29) is 18.3 Å². The van der Waals surface area contributed by atoms with Crippen LogP contribution in [-0.2, 0) is 0 Å². The third kappa shape index (κ3) is 5.18. The molecule has 0 heterocycles. The molecule has 24 heavy (non-hydrogen) atoms. The fourth-order valence-corrected chi connectivity index (χ4v) is 3.04. The van der Waals surface area contributed by atoms with E-state index in [1.165, 1.54) is 6.08 Å². The van der Waals surface area contributed by atoms with E-state index in [4.69, 9.17) is 0 Å². The number of allylic oxidation sites excluding steroid dienone is 2. The summed E-state index contributed by atoms with van der Waals surface area (Å²) in [6.45, 7) is -3.30. The van der Waals surface area contributed by atoms with Crippen LogP contribution in [0.25, 0.3) is 0 Å². The van der Waals surface area contributed by atoms with Crippen LogP contribution >= 0.6 is 0 Å². The van der Waals surface area contributed by atoms with Gasteiger partial charge in [0.05, 0.1) is 0 Å². The van der Waals surface area contributed by atoms with Crippen molar-refractivity contribution in [3.8, 4) is 5.75 Å². The zero-order valence-electron chi connectivity index (χ0n) is 12.8. The number of halogens is 6. The quantitative estimate of drug-likeness (QED) is 0.447. The van der Waals surface area contributed by atoms with E-state index in [0.717, 1.165) is 25.0 Å². The number of benzene rings is 1. The monoisotopic (exact) mass is 352 g/mol. The fourth-order valence-electron chi connectivity index (χ4n) is 3.04. The molecule has 1 fully saturated rings. The van der Waals surface area contributed by atoms with Crippen LogP contribution in [0.1, 0.15) is 43.6 Å². The van der Waals surface area contributed by atoms with E-state index < -0.39 is 30.4 Å². The molecule has 0 atom stereocenters. The fraction of sp³-hybridized carbons (Fsp3) is 0.529. The maximum atomic E-state index is 13.8. The molecule has 2 rings (SSSR count). The smallest absolute Gasteiger partial charge is 0.387 e. The number of alkyl halides is 4. The Morgan fingerprint density at radius 2 is 1.58 bits per heavy atom. The second-order valence-electron chi connectivity index (χ2n) is 5.86. The van der Waals surface area contributed by atoms with Gasteiger partial charge in [-0.15, -0.1) is 0 Å². The van der Waals surface area contributed by atoms with Crippen LogP contribution in [0.4, 0.5) is 26.3 Å². The van der Waals surface area contributed by atoms with Crippen molar-refractivity contribution in [2.45, 2.75) is 51.1 Å². The summed E-state index contributed by atoms with van der Waals surface area (Å²) in [5, 5.41) is 0. The van der Waals surface area contributed by atoms with Crippen molar-refractivity contribution in [1.82, 2.24) is 0 Å². The minimum Gasteiger partial charge on any atom is -0.429 e. The van der Waals surface area contributed by atoms with Gasteiger partial charge in [0, 0.05) is 6.42 Å². The summed E-state index contributed by atoms with van der Waals surface area (Å²) in [4.78, 5) is 0. The molecule has 0 aromatic heterocycles. The summed E-state index contributed by atoms with van der Waals surface area (Å²) in [5.41, 5.74) is 0.404. The van der Waals surface area contributed by atoms with Gasteiger partial charge in [-0.05, 0) is 55.2 Å². The normalized spacial score (nSPS) is 21.8. The molecule has 1 aliphatic rings. The van der Waals surface area contributed by atoms with Crippen molar-refractivity contribution in [2.24, 2.45) is 5.92 Å². The molecule has 1 nitrogen and oxygen atoms in total. The first-order chi connectivity index (χ1) is 11.4. The molecule has 0 N–H and O–H groups in total. The molecular formula is C17H18F6O. The van der Waals surface area contributed by atoms with Crippen LogP contribution < -0.4 is 4.74 Å². The first kappa shape index (κ1) is 18.7. The van der Waals surface area contributed by atoms with E-state index in [2.05, 4.69) is 4.74 Å². The summed E-state index contributed by atoms with van der Waals surface area (Å²) in [7, 11) is 0. The highest BCUT2D eigenvalue weighted by atomic mass is 19.3. The van der Waals surface area contributed by atoms with Crippen LogP contribution in [-0.4, -0.2) is 13.0 Å². The summed E-state index contributed by atoms with van der Waals surface area (Å²) >= 11 is 0. The van der Waals surface area contributed by atoms with Gasteiger partial charge in [0.15, 0.2) is 17.4 Å². The predicted octanol–water partition coefficient (Wildman–Crippen LogP) is 6.05. The second kappa shape index (κ2) is 8.44. The molecule has 1 aromatic rings. The Kier molecular flexibility index (Phi) is 6.57. The Labute approximate surface area is 136 Å². The Morgan fingerprint density at radius 3 is 2.08 bits per heavy atom. The van der Waals surface area contributed by atoms with Crippen molar-refractivity contribution in [3.63, 3.8) is 0 Å². The summed E-state index contributed by atoms with van der Waals surface area (Å²) in [5.74, 6) is -3.28. The number of hydrogen-bond acceptors (Lipinski definition) is 1. The molecule has 1 aliphatic carbocycles. The first-order valence-corrected chi connectivity index (χ1v) is 7.75. The van der Waals surface area contributed by atoms with Crippen LogP contribution in [0.5, 0.6) is 5.75 Å². The van der Waals surface area contributed by atoms with Gasteiger partial charge in [0.2, 0.25) is 6.43 Å². The lowest BCUT2D eigenvalue weighted by Crippen LogP contribution is -2.13. The molecule has 7 heteroatoms. The molecule has 1 aromatic carbocycles. The highest BCUT2D eigenvalue weighted by molar-refractivity contribution is 5.33. The van der Waals surface area contributed by atoms with Crippen molar-refractivity contribution < 1.29 is 31.1 Å². The molecule has 0 spiro atoms. The second-order valence-corrected chi connectivity index (χ2v) is 5.86. The first-order valence-electron chi connectivity index (χ1n) is 7.75. The van der Waals surface area contributed by atoms with Crippen LogP contribution in [0.2, 0.25) is 0 Å². The van der Waals surface area contributed by atoms with Crippen molar-refractivity contribution in [2.75, 3.05) is 0 Å². The Hall–Kier alpha value is -1.66. The topological polar surface area (TPSA) is 9.23 Å². The summed E-state index contributed by atoms with van der Waals surface area (Å²) in [6.07, 6.45) is 3.34. The summed E-state index contributed by atoms with van der Waals surface area (Å²) in [6, 6.07) is 2.05. The van der Waals surface area contributed by atoms with Gasteiger partial charge in [-0.1, -0.05) is 12.2 Å². The molecule has 0 radical (unpaired) electrons. The number of hydrogen-bond donors (Lipinski definition) is 0. The molecule has 0 aliphatic heterocycles. The third-order valence-corrected chi connectivity index (χ3v) is 4.19. The van der Waals surface area contributed by atoms with Gasteiger partial charge in [0.25, 0.3) is 0 Å². The van der Waals surface area contributed by atoms with Gasteiger partial charge < -0.3 is 4.74 Å². The standard InChI is InChI=1S/C17H18F6O/c18-13-8-12(9-14(19)16(13)24-17(22)23)11-6-4-10(5-7-11)2-1-3-15(20)21/h1-2,8-11,15,17H,3-7H2. The van der Waals surface area contributed by atoms with E-state index >= 15 is 0 Å². The van der Waals surface area contributed by atoms with E-state index in [9.17, 15) is 26.3 Å². The highest BCUT2D eigenvalue weighted by Crippen LogP contribution is 2.38. The van der Waals surface area contributed by atoms with Gasteiger partial charge in [-0.3, -0.25) is 0 Å². The maximum Gasteiger partial charge on any atom is 0.387 e. The number of rotatable bonds is 6. The van der Waals surface area contributed by atoms with Gasteiger partial charge >= 0.3 is 6.61 Å². The molecule has 1 saturated carbocycles. The zero-order valence-corrected chi connectivity index (χ0v) is 12.8. The Bertz CT molecular complexity index is 541. The predicted molar refractivity (Wildman–Crippen MR) is 77.5 cm³/mol. The molecule has 0 amide bonds. The Morgan fingerprint density at radius 1 is 1.00 bits per heavy atom. The lowest BCUT2D eigenvalue weighted by molar-refractivity contribution is -0.0546. The third-order valence-electron chi connectivity index (χ3n) is 4.19. The number of ether oxygens (including phenoxy) is 1. The molecule has 0 bridgehead atoms. The molecule has 134 valence electrons. The van der Waals surface area contributed by atoms with Gasteiger partial charge in [-0.2, -0.15) is 8.78 Å². The molecular weight excluding hydrogens is 334 g/mol. The summed E-state index contributed by atoms with van der Waals surface area (Å²) < 4.78 is 79.8. The van der Waals surface area contributed by atoms with Crippen molar-refractivity contribution in [1.29, 1.82) is 0 Å².